The zero-order chi connectivity index (χ0) is 16.3. The van der Waals surface area contributed by atoms with Gasteiger partial charge in [-0.1, -0.05) is 17.7 Å². The largest absolute Gasteiger partial charge is 0.492 e. The Hall–Kier alpha value is -2.30. The number of nitrogens with zero attached hydrogens (tertiary/aromatic N) is 3. The van der Waals surface area contributed by atoms with E-state index in [0.29, 0.717) is 18.7 Å². The van der Waals surface area contributed by atoms with Gasteiger partial charge in [0.2, 0.25) is 0 Å². The Balaban J connectivity index is 1.93. The van der Waals surface area contributed by atoms with Crippen LogP contribution in [0.5, 0.6) is 5.75 Å². The highest BCUT2D eigenvalue weighted by atomic mass is 16.5. The van der Waals surface area contributed by atoms with Gasteiger partial charge in [0.1, 0.15) is 12.4 Å². The summed E-state index contributed by atoms with van der Waals surface area (Å²) in [6.07, 6.45) is 0. The molecule has 5 nitrogen and oxygen atoms in total. The van der Waals surface area contributed by atoms with Crippen molar-refractivity contribution in [1.82, 2.24) is 14.7 Å². The number of hydrogen-bond donors (Lipinski definition) is 0. The smallest absolute Gasteiger partial charge is 0.257 e. The molecule has 0 bridgehead atoms. The summed E-state index contributed by atoms with van der Waals surface area (Å²) in [6, 6.07) is 7.89. The lowest BCUT2D eigenvalue weighted by Crippen LogP contribution is -2.31. The second kappa shape index (κ2) is 6.64. The minimum absolute atomic E-state index is 0.0180. The molecule has 118 valence electrons. The molecule has 0 spiro atoms. The van der Waals surface area contributed by atoms with Crippen LogP contribution in [0.15, 0.2) is 24.3 Å². The molecule has 1 aromatic heterocycles. The van der Waals surface area contributed by atoms with Crippen LogP contribution in [0.4, 0.5) is 0 Å². The molecule has 1 amide bonds. The molecule has 0 N–H and O–H groups in total. The van der Waals surface area contributed by atoms with Crippen molar-refractivity contribution in [3.05, 3.63) is 46.8 Å². The van der Waals surface area contributed by atoms with E-state index in [1.54, 1.807) is 16.6 Å². The van der Waals surface area contributed by atoms with E-state index >= 15 is 0 Å². The number of carbonyl (C=O) groups excluding carboxylic acids is 1. The first-order valence-corrected chi connectivity index (χ1v) is 7.35. The van der Waals surface area contributed by atoms with Crippen LogP contribution in [0.3, 0.4) is 0 Å². The Morgan fingerprint density at radius 2 is 1.86 bits per heavy atom. The van der Waals surface area contributed by atoms with Crippen LogP contribution < -0.4 is 4.74 Å². The quantitative estimate of drug-likeness (QED) is 0.852. The fraction of sp³-hybridized carbons (Fsp3) is 0.412. The molecule has 0 saturated carbocycles. The van der Waals surface area contributed by atoms with E-state index in [9.17, 15) is 4.79 Å². The highest BCUT2D eigenvalue weighted by Gasteiger charge is 2.20. The normalized spacial score (nSPS) is 10.6. The van der Waals surface area contributed by atoms with E-state index in [1.165, 1.54) is 5.56 Å². The first-order valence-electron chi connectivity index (χ1n) is 7.35. The molecular weight excluding hydrogens is 278 g/mol. The lowest BCUT2D eigenvalue weighted by atomic mass is 10.2. The molecule has 22 heavy (non-hydrogen) atoms. The fourth-order valence-corrected chi connectivity index (χ4v) is 2.31. The first-order chi connectivity index (χ1) is 10.4. The van der Waals surface area contributed by atoms with Gasteiger partial charge in [-0.05, 0) is 32.9 Å². The van der Waals surface area contributed by atoms with E-state index in [1.807, 2.05) is 52.1 Å². The zero-order valence-electron chi connectivity index (χ0n) is 13.9. The van der Waals surface area contributed by atoms with E-state index < -0.39 is 0 Å². The SMILES string of the molecule is Cc1ccc(OCCN(C)C(=O)c2c(C)nn(C)c2C)cc1. The van der Waals surface area contributed by atoms with Crippen LogP contribution in [0, 0.1) is 20.8 Å². The van der Waals surface area contributed by atoms with Crippen LogP contribution in [0.1, 0.15) is 27.3 Å². The molecule has 1 aromatic carbocycles. The van der Waals surface area contributed by atoms with Crippen molar-refractivity contribution in [2.45, 2.75) is 20.8 Å². The van der Waals surface area contributed by atoms with Gasteiger partial charge in [-0.25, -0.2) is 0 Å². The Morgan fingerprint density at radius 3 is 2.41 bits per heavy atom. The van der Waals surface area contributed by atoms with Gasteiger partial charge in [0.25, 0.3) is 5.91 Å². The Kier molecular flexibility index (Phi) is 4.85. The first kappa shape index (κ1) is 16.1. The number of aromatic nitrogens is 2. The Morgan fingerprint density at radius 1 is 1.23 bits per heavy atom. The molecule has 0 aliphatic heterocycles. The van der Waals surface area contributed by atoms with Gasteiger partial charge < -0.3 is 9.64 Å². The highest BCUT2D eigenvalue weighted by molar-refractivity contribution is 5.96. The molecule has 0 unspecified atom stereocenters. The van der Waals surface area contributed by atoms with Crippen LogP contribution in [-0.2, 0) is 7.05 Å². The van der Waals surface area contributed by atoms with Crippen LogP contribution >= 0.6 is 0 Å². The molecule has 5 heteroatoms. The summed E-state index contributed by atoms with van der Waals surface area (Å²) in [7, 11) is 3.63. The van der Waals surface area contributed by atoms with Gasteiger partial charge in [0.05, 0.1) is 17.8 Å². The summed E-state index contributed by atoms with van der Waals surface area (Å²) in [4.78, 5) is 14.2. The topological polar surface area (TPSA) is 47.4 Å². The number of benzene rings is 1. The maximum Gasteiger partial charge on any atom is 0.257 e. The maximum atomic E-state index is 12.5. The van der Waals surface area contributed by atoms with Gasteiger partial charge in [-0.15, -0.1) is 0 Å². The third-order valence-electron chi connectivity index (χ3n) is 3.79. The van der Waals surface area contributed by atoms with Crippen molar-refractivity contribution in [3.8, 4) is 5.75 Å². The molecule has 0 aliphatic rings. The van der Waals surface area contributed by atoms with Crippen molar-refractivity contribution >= 4 is 5.91 Å². The Labute approximate surface area is 131 Å². The lowest BCUT2D eigenvalue weighted by molar-refractivity contribution is 0.0772. The van der Waals surface area contributed by atoms with E-state index in [0.717, 1.165) is 17.1 Å². The van der Waals surface area contributed by atoms with Crippen LogP contribution in [-0.4, -0.2) is 40.8 Å². The summed E-state index contributed by atoms with van der Waals surface area (Å²) >= 11 is 0. The lowest BCUT2D eigenvalue weighted by Gasteiger charge is -2.18. The van der Waals surface area contributed by atoms with Gasteiger partial charge in [0.15, 0.2) is 0 Å². The summed E-state index contributed by atoms with van der Waals surface area (Å²) in [5.41, 5.74) is 3.52. The number of hydrogen-bond acceptors (Lipinski definition) is 3. The summed E-state index contributed by atoms with van der Waals surface area (Å²) in [5.74, 6) is 0.802. The molecule has 0 aliphatic carbocycles. The standard InChI is InChI=1S/C17H23N3O2/c1-12-6-8-15(9-7-12)22-11-10-19(4)17(21)16-13(2)18-20(5)14(16)3/h6-9H,10-11H2,1-5H3. The molecule has 2 aromatic rings. The third-order valence-corrected chi connectivity index (χ3v) is 3.79. The van der Waals surface area contributed by atoms with Crippen molar-refractivity contribution in [1.29, 1.82) is 0 Å². The predicted octanol–water partition coefficient (Wildman–Crippen LogP) is 2.50. The van der Waals surface area contributed by atoms with Gasteiger partial charge in [-0.2, -0.15) is 5.10 Å². The van der Waals surface area contributed by atoms with E-state index in [2.05, 4.69) is 5.10 Å². The number of likely N-dealkylation sites (N-methyl/N-ethyl adjacent to an activating group) is 1. The molecule has 1 heterocycles. The third kappa shape index (κ3) is 3.47. The highest BCUT2D eigenvalue weighted by Crippen LogP contribution is 2.15. The number of aryl methyl sites for hydroxylation is 3. The molecule has 0 saturated heterocycles. The van der Waals surface area contributed by atoms with E-state index in [4.69, 9.17) is 4.74 Å². The van der Waals surface area contributed by atoms with Gasteiger partial charge >= 0.3 is 0 Å². The molecule has 2 rings (SSSR count). The summed E-state index contributed by atoms with van der Waals surface area (Å²) in [5, 5.41) is 4.29. The van der Waals surface area contributed by atoms with Crippen LogP contribution in [0.2, 0.25) is 0 Å². The minimum atomic E-state index is -0.0180. The molecular formula is C17H23N3O2. The number of rotatable bonds is 5. The summed E-state index contributed by atoms with van der Waals surface area (Å²) in [6.45, 7) is 6.79. The second-order valence-corrected chi connectivity index (χ2v) is 5.56. The monoisotopic (exact) mass is 301 g/mol. The minimum Gasteiger partial charge on any atom is -0.492 e. The average molecular weight is 301 g/mol. The maximum absolute atomic E-state index is 12.5. The number of amides is 1. The second-order valence-electron chi connectivity index (χ2n) is 5.56. The van der Waals surface area contributed by atoms with Crippen molar-refractivity contribution in [2.24, 2.45) is 7.05 Å². The molecule has 0 atom stereocenters. The van der Waals surface area contributed by atoms with Crippen molar-refractivity contribution in [2.75, 3.05) is 20.2 Å². The van der Waals surface area contributed by atoms with Crippen LogP contribution in [0.25, 0.3) is 0 Å². The fourth-order valence-electron chi connectivity index (χ4n) is 2.31. The van der Waals surface area contributed by atoms with E-state index in [-0.39, 0.29) is 5.91 Å². The van der Waals surface area contributed by atoms with Crippen molar-refractivity contribution in [3.63, 3.8) is 0 Å². The number of ether oxygens (including phenoxy) is 1. The Bertz CT molecular complexity index is 659. The predicted molar refractivity (Wildman–Crippen MR) is 86.3 cm³/mol. The molecule has 0 fully saturated rings. The average Bonchev–Trinajstić information content (AvgIpc) is 2.73. The van der Waals surface area contributed by atoms with Crippen molar-refractivity contribution < 1.29 is 9.53 Å². The summed E-state index contributed by atoms with van der Waals surface area (Å²) < 4.78 is 7.40. The van der Waals surface area contributed by atoms with Gasteiger partial charge in [-0.3, -0.25) is 9.48 Å². The molecule has 0 radical (unpaired) electrons. The number of carbonyl (C=O) groups is 1. The van der Waals surface area contributed by atoms with Gasteiger partial charge in [0, 0.05) is 19.8 Å². The zero-order valence-corrected chi connectivity index (χ0v) is 13.9.